The molecular formula is C18H31ClO8. The number of rotatable bonds is 12. The zero-order chi connectivity index (χ0) is 20.2. The number of ether oxygens (including phenoxy) is 6. The Hall–Kier alpha value is -0.930. The highest BCUT2D eigenvalue weighted by Crippen LogP contribution is 2.33. The summed E-state index contributed by atoms with van der Waals surface area (Å²) in [5.41, 5.74) is 0. The summed E-state index contributed by atoms with van der Waals surface area (Å²) in [5, 5.41) is 0. The van der Waals surface area contributed by atoms with Crippen LogP contribution in [-0.2, 0) is 38.0 Å². The molecule has 0 aromatic heterocycles. The van der Waals surface area contributed by atoms with Crippen molar-refractivity contribution in [2.24, 2.45) is 11.8 Å². The Morgan fingerprint density at radius 3 is 2.15 bits per heavy atom. The molecule has 27 heavy (non-hydrogen) atoms. The van der Waals surface area contributed by atoms with E-state index in [0.29, 0.717) is 38.9 Å². The van der Waals surface area contributed by atoms with Crippen molar-refractivity contribution in [3.63, 3.8) is 0 Å². The number of alkyl halides is 1. The normalized spacial score (nSPS) is 28.0. The quantitative estimate of drug-likeness (QED) is 0.273. The summed E-state index contributed by atoms with van der Waals surface area (Å²) in [6.07, 6.45) is -1.60. The Morgan fingerprint density at radius 2 is 1.56 bits per heavy atom. The summed E-state index contributed by atoms with van der Waals surface area (Å²) in [4.78, 5) is 22.5. The van der Waals surface area contributed by atoms with Crippen LogP contribution in [0.1, 0.15) is 27.7 Å². The largest absolute Gasteiger partial charge is 0.463 e. The molecule has 158 valence electrons. The first-order chi connectivity index (χ1) is 12.9. The highest BCUT2D eigenvalue weighted by Gasteiger charge is 2.44. The predicted octanol–water partition coefficient (Wildman–Crippen LogP) is 1.77. The van der Waals surface area contributed by atoms with Crippen molar-refractivity contribution in [3.8, 4) is 0 Å². The lowest BCUT2D eigenvalue weighted by atomic mass is 9.84. The monoisotopic (exact) mass is 410 g/mol. The third-order valence-electron chi connectivity index (χ3n) is 4.31. The third-order valence-corrected chi connectivity index (χ3v) is 4.46. The van der Waals surface area contributed by atoms with Crippen molar-refractivity contribution in [2.45, 2.75) is 46.2 Å². The van der Waals surface area contributed by atoms with E-state index in [1.54, 1.807) is 0 Å². The van der Waals surface area contributed by atoms with Crippen LogP contribution in [0.4, 0.5) is 0 Å². The molecule has 1 aliphatic heterocycles. The molecule has 0 saturated carbocycles. The number of carbonyl (C=O) groups excluding carboxylic acids is 2. The Labute approximate surface area is 165 Å². The van der Waals surface area contributed by atoms with Gasteiger partial charge in [0.2, 0.25) is 0 Å². The Morgan fingerprint density at radius 1 is 0.926 bits per heavy atom. The highest BCUT2D eigenvalue weighted by molar-refractivity contribution is 6.17. The van der Waals surface area contributed by atoms with Gasteiger partial charge in [-0.05, 0) is 0 Å². The van der Waals surface area contributed by atoms with Crippen LogP contribution in [0.5, 0.6) is 0 Å². The van der Waals surface area contributed by atoms with E-state index < -0.39 is 30.4 Å². The van der Waals surface area contributed by atoms with E-state index in [2.05, 4.69) is 0 Å². The van der Waals surface area contributed by atoms with Crippen LogP contribution < -0.4 is 0 Å². The molecule has 1 fully saturated rings. The zero-order valence-electron chi connectivity index (χ0n) is 16.5. The van der Waals surface area contributed by atoms with E-state index in [1.807, 2.05) is 13.8 Å². The second-order valence-corrected chi connectivity index (χ2v) is 6.80. The van der Waals surface area contributed by atoms with Crippen LogP contribution in [0.3, 0.4) is 0 Å². The molecule has 0 radical (unpaired) electrons. The lowest BCUT2D eigenvalue weighted by molar-refractivity contribution is -0.275. The van der Waals surface area contributed by atoms with Gasteiger partial charge in [-0.25, -0.2) is 0 Å². The molecule has 0 N–H and O–H groups in total. The molecular weight excluding hydrogens is 380 g/mol. The van der Waals surface area contributed by atoms with Crippen molar-refractivity contribution >= 4 is 23.5 Å². The summed E-state index contributed by atoms with van der Waals surface area (Å²) in [6, 6.07) is 0. The van der Waals surface area contributed by atoms with E-state index in [4.69, 9.17) is 40.0 Å². The molecule has 9 heteroatoms. The molecule has 0 bridgehead atoms. The fraction of sp³-hybridized carbons (Fsp3) is 0.889. The van der Waals surface area contributed by atoms with E-state index in [0.717, 1.165) is 0 Å². The van der Waals surface area contributed by atoms with Crippen LogP contribution in [0.15, 0.2) is 0 Å². The molecule has 1 aliphatic rings. The minimum atomic E-state index is -0.584. The van der Waals surface area contributed by atoms with Crippen molar-refractivity contribution < 1.29 is 38.0 Å². The third kappa shape index (κ3) is 9.21. The number of hydrogen-bond acceptors (Lipinski definition) is 8. The summed E-state index contributed by atoms with van der Waals surface area (Å²) in [5.74, 6) is -0.414. The molecule has 0 amide bonds. The molecule has 5 atom stereocenters. The minimum Gasteiger partial charge on any atom is -0.463 e. The van der Waals surface area contributed by atoms with Crippen LogP contribution >= 0.6 is 11.6 Å². The van der Waals surface area contributed by atoms with Gasteiger partial charge in [0.15, 0.2) is 6.29 Å². The number of carbonyl (C=O) groups is 2. The van der Waals surface area contributed by atoms with E-state index in [9.17, 15) is 9.59 Å². The van der Waals surface area contributed by atoms with Crippen molar-refractivity contribution in [1.82, 2.24) is 0 Å². The van der Waals surface area contributed by atoms with Gasteiger partial charge in [0, 0.05) is 31.6 Å². The molecule has 1 heterocycles. The first-order valence-corrected chi connectivity index (χ1v) is 9.69. The first-order valence-electron chi connectivity index (χ1n) is 9.15. The van der Waals surface area contributed by atoms with E-state index in [-0.39, 0.29) is 18.4 Å². The van der Waals surface area contributed by atoms with Crippen molar-refractivity contribution in [3.05, 3.63) is 0 Å². The summed E-state index contributed by atoms with van der Waals surface area (Å²) < 4.78 is 32.8. The molecule has 1 rings (SSSR count). The maximum absolute atomic E-state index is 11.4. The second kappa shape index (κ2) is 13.3. The smallest absolute Gasteiger partial charge is 0.303 e. The zero-order valence-corrected chi connectivity index (χ0v) is 17.2. The van der Waals surface area contributed by atoms with E-state index in [1.165, 1.54) is 13.8 Å². The molecule has 0 aliphatic carbocycles. The second-order valence-electron chi connectivity index (χ2n) is 6.42. The lowest BCUT2D eigenvalue weighted by Gasteiger charge is -2.43. The standard InChI is InChI=1S/C18H31ClO8/c1-12-13(2)18(24-10-9-23-8-7-22-6-5-19)27-16(11-25-14(3)20)17(12)26-15(4)21/h12-13,16-18H,5-11H2,1-4H3/t12-,13?,16?,17-,18-/m1/s1. The Bertz CT molecular complexity index is 447. The van der Waals surface area contributed by atoms with Gasteiger partial charge in [0.05, 0.1) is 33.0 Å². The first kappa shape index (κ1) is 24.1. The SMILES string of the molecule is CC(=O)OCC1O[C@@H](OCCOCCOCCCl)C(C)[C@@H](C)[C@H]1OC(C)=O. The van der Waals surface area contributed by atoms with Crippen LogP contribution in [0, 0.1) is 11.8 Å². The number of halogens is 1. The molecule has 2 unspecified atom stereocenters. The molecule has 0 aromatic carbocycles. The summed E-state index contributed by atoms with van der Waals surface area (Å²) >= 11 is 5.51. The van der Waals surface area contributed by atoms with Gasteiger partial charge in [-0.3, -0.25) is 9.59 Å². The fourth-order valence-electron chi connectivity index (χ4n) is 2.76. The summed E-state index contributed by atoms with van der Waals surface area (Å²) in [7, 11) is 0. The number of esters is 2. The maximum Gasteiger partial charge on any atom is 0.303 e. The molecule has 1 saturated heterocycles. The van der Waals surface area contributed by atoms with Gasteiger partial charge in [0.25, 0.3) is 0 Å². The molecule has 0 spiro atoms. The topological polar surface area (TPSA) is 89.5 Å². The fourth-order valence-corrected chi connectivity index (χ4v) is 2.87. The highest BCUT2D eigenvalue weighted by atomic mass is 35.5. The Kier molecular flexibility index (Phi) is 11.9. The maximum atomic E-state index is 11.4. The lowest BCUT2D eigenvalue weighted by Crippen LogP contribution is -2.53. The molecule has 8 nitrogen and oxygen atoms in total. The van der Waals surface area contributed by atoms with Gasteiger partial charge >= 0.3 is 11.9 Å². The average Bonchev–Trinajstić information content (AvgIpc) is 2.61. The van der Waals surface area contributed by atoms with Crippen LogP contribution in [-0.4, -0.2) is 76.0 Å². The molecule has 0 aromatic rings. The van der Waals surface area contributed by atoms with Gasteiger partial charge in [-0.1, -0.05) is 13.8 Å². The van der Waals surface area contributed by atoms with Gasteiger partial charge in [0.1, 0.15) is 18.8 Å². The van der Waals surface area contributed by atoms with Crippen molar-refractivity contribution in [1.29, 1.82) is 0 Å². The van der Waals surface area contributed by atoms with Gasteiger partial charge in [-0.2, -0.15) is 0 Å². The minimum absolute atomic E-state index is 0.00138. The van der Waals surface area contributed by atoms with Crippen LogP contribution in [0.25, 0.3) is 0 Å². The van der Waals surface area contributed by atoms with Crippen LogP contribution in [0.2, 0.25) is 0 Å². The van der Waals surface area contributed by atoms with E-state index >= 15 is 0 Å². The summed E-state index contributed by atoms with van der Waals surface area (Å²) in [6.45, 7) is 8.77. The number of hydrogen-bond donors (Lipinski definition) is 0. The Balaban J connectivity index is 2.47. The van der Waals surface area contributed by atoms with Gasteiger partial charge in [-0.15, -0.1) is 11.6 Å². The predicted molar refractivity (Wildman–Crippen MR) is 97.5 cm³/mol. The van der Waals surface area contributed by atoms with Gasteiger partial charge < -0.3 is 28.4 Å². The average molecular weight is 411 g/mol. The van der Waals surface area contributed by atoms with Crippen molar-refractivity contribution in [2.75, 3.05) is 45.5 Å².